The zero-order valence-electron chi connectivity index (χ0n) is 15.7. The highest BCUT2D eigenvalue weighted by Gasteiger charge is 2.36. The van der Waals surface area contributed by atoms with Crippen molar-refractivity contribution >= 4 is 0 Å². The second kappa shape index (κ2) is 7.08. The number of methoxy groups -OCH3 is 2. The third-order valence-corrected chi connectivity index (χ3v) is 4.75. The number of aryl methyl sites for hydroxylation is 1. The summed E-state index contributed by atoms with van der Waals surface area (Å²) >= 11 is 0. The van der Waals surface area contributed by atoms with E-state index in [1.807, 2.05) is 13.8 Å². The van der Waals surface area contributed by atoms with Crippen molar-refractivity contribution in [1.82, 2.24) is 4.57 Å². The maximum absolute atomic E-state index is 13.2. The SMILES string of the molecule is CCn1c(C)cc2c(c1=O)[C@H](c1cccc(OC)c1OC)C(C#N)=C(N)O2. The normalized spacial score (nSPS) is 15.6. The highest BCUT2D eigenvalue weighted by molar-refractivity contribution is 5.60. The molecule has 0 fully saturated rings. The van der Waals surface area contributed by atoms with Crippen LogP contribution in [-0.2, 0) is 6.54 Å². The van der Waals surface area contributed by atoms with Gasteiger partial charge in [-0.25, -0.2) is 0 Å². The summed E-state index contributed by atoms with van der Waals surface area (Å²) in [4.78, 5) is 13.2. The Kier molecular flexibility index (Phi) is 4.82. The van der Waals surface area contributed by atoms with E-state index < -0.39 is 5.92 Å². The fourth-order valence-electron chi connectivity index (χ4n) is 3.53. The number of rotatable bonds is 4. The molecule has 3 rings (SSSR count). The maximum Gasteiger partial charge on any atom is 0.258 e. The van der Waals surface area contributed by atoms with Crippen LogP contribution in [0.3, 0.4) is 0 Å². The molecule has 0 spiro atoms. The van der Waals surface area contributed by atoms with Crippen molar-refractivity contribution in [3.05, 3.63) is 62.9 Å². The average Bonchev–Trinajstić information content (AvgIpc) is 2.66. The van der Waals surface area contributed by atoms with Gasteiger partial charge in [0.05, 0.1) is 25.7 Å². The summed E-state index contributed by atoms with van der Waals surface area (Å²) in [6.45, 7) is 4.22. The van der Waals surface area contributed by atoms with Crippen LogP contribution in [0, 0.1) is 18.3 Å². The van der Waals surface area contributed by atoms with E-state index in [0.29, 0.717) is 34.9 Å². The first-order valence-electron chi connectivity index (χ1n) is 8.51. The predicted octanol–water partition coefficient (Wildman–Crippen LogP) is 2.41. The van der Waals surface area contributed by atoms with E-state index in [1.165, 1.54) is 14.2 Å². The summed E-state index contributed by atoms with van der Waals surface area (Å²) < 4.78 is 18.2. The third-order valence-electron chi connectivity index (χ3n) is 4.75. The number of fused-ring (bicyclic) bond motifs is 1. The van der Waals surface area contributed by atoms with Gasteiger partial charge in [-0.05, 0) is 19.9 Å². The number of pyridine rings is 1. The molecule has 140 valence electrons. The Labute approximate surface area is 157 Å². The minimum absolute atomic E-state index is 0.0204. The molecule has 1 aliphatic heterocycles. The lowest BCUT2D eigenvalue weighted by Gasteiger charge is -2.28. The number of hydrogen-bond acceptors (Lipinski definition) is 6. The van der Waals surface area contributed by atoms with Crippen LogP contribution in [0.5, 0.6) is 17.2 Å². The molecule has 2 aromatic rings. The molecule has 1 aromatic carbocycles. The van der Waals surface area contributed by atoms with Crippen molar-refractivity contribution in [3.63, 3.8) is 0 Å². The smallest absolute Gasteiger partial charge is 0.258 e. The molecule has 2 heterocycles. The number of nitrogens with zero attached hydrogens (tertiary/aromatic N) is 2. The molecule has 7 nitrogen and oxygen atoms in total. The number of nitriles is 1. The van der Waals surface area contributed by atoms with Gasteiger partial charge in [0.15, 0.2) is 11.5 Å². The average molecular weight is 367 g/mol. The number of ether oxygens (including phenoxy) is 3. The number of hydrogen-bond donors (Lipinski definition) is 1. The van der Waals surface area contributed by atoms with Crippen LogP contribution in [0.15, 0.2) is 40.5 Å². The first kappa shape index (κ1) is 18.4. The van der Waals surface area contributed by atoms with Crippen molar-refractivity contribution in [3.8, 4) is 23.3 Å². The molecular weight excluding hydrogens is 346 g/mol. The molecule has 0 radical (unpaired) electrons. The van der Waals surface area contributed by atoms with Crippen LogP contribution in [0.2, 0.25) is 0 Å². The molecule has 0 unspecified atom stereocenters. The zero-order chi connectivity index (χ0) is 19.7. The minimum Gasteiger partial charge on any atom is -0.493 e. The molecule has 0 amide bonds. The molecule has 0 aliphatic carbocycles. The lowest BCUT2D eigenvalue weighted by Crippen LogP contribution is -2.32. The maximum atomic E-state index is 13.2. The highest BCUT2D eigenvalue weighted by Crippen LogP contribution is 2.45. The van der Waals surface area contributed by atoms with Gasteiger partial charge in [0, 0.05) is 23.9 Å². The van der Waals surface area contributed by atoms with Gasteiger partial charge in [0.25, 0.3) is 5.56 Å². The van der Waals surface area contributed by atoms with Gasteiger partial charge in [0.1, 0.15) is 17.4 Å². The molecule has 1 atom stereocenters. The van der Waals surface area contributed by atoms with E-state index in [2.05, 4.69) is 6.07 Å². The van der Waals surface area contributed by atoms with Gasteiger partial charge in [-0.1, -0.05) is 12.1 Å². The lowest BCUT2D eigenvalue weighted by molar-refractivity contribution is 0.348. The monoisotopic (exact) mass is 367 g/mol. The summed E-state index contributed by atoms with van der Waals surface area (Å²) in [5.41, 5.74) is 7.70. The van der Waals surface area contributed by atoms with Crippen LogP contribution in [0.25, 0.3) is 0 Å². The molecule has 27 heavy (non-hydrogen) atoms. The fraction of sp³-hybridized carbons (Fsp3) is 0.300. The Balaban J connectivity index is 2.40. The number of para-hydroxylation sites is 1. The van der Waals surface area contributed by atoms with Gasteiger partial charge in [-0.2, -0.15) is 5.26 Å². The second-order valence-corrected chi connectivity index (χ2v) is 6.12. The zero-order valence-corrected chi connectivity index (χ0v) is 15.7. The summed E-state index contributed by atoms with van der Waals surface area (Å²) in [6, 6.07) is 9.19. The van der Waals surface area contributed by atoms with Crippen LogP contribution in [0.1, 0.15) is 29.7 Å². The predicted molar refractivity (Wildman–Crippen MR) is 100.0 cm³/mol. The van der Waals surface area contributed by atoms with Crippen molar-refractivity contribution in [2.75, 3.05) is 14.2 Å². The second-order valence-electron chi connectivity index (χ2n) is 6.12. The number of benzene rings is 1. The summed E-state index contributed by atoms with van der Waals surface area (Å²) in [5.74, 6) is 0.569. The van der Waals surface area contributed by atoms with Gasteiger partial charge in [0.2, 0.25) is 5.88 Å². The first-order chi connectivity index (χ1) is 13.0. The van der Waals surface area contributed by atoms with E-state index in [9.17, 15) is 10.1 Å². The lowest BCUT2D eigenvalue weighted by atomic mass is 9.83. The molecule has 0 saturated carbocycles. The molecular formula is C20H21N3O4. The molecule has 0 bridgehead atoms. The number of allylic oxidation sites excluding steroid dienone is 1. The van der Waals surface area contributed by atoms with Crippen molar-refractivity contribution in [2.24, 2.45) is 5.73 Å². The van der Waals surface area contributed by atoms with Gasteiger partial charge in [-0.15, -0.1) is 0 Å². The van der Waals surface area contributed by atoms with Crippen molar-refractivity contribution in [2.45, 2.75) is 26.3 Å². The Morgan fingerprint density at radius 1 is 1.33 bits per heavy atom. The quantitative estimate of drug-likeness (QED) is 0.891. The summed E-state index contributed by atoms with van der Waals surface area (Å²) in [7, 11) is 3.04. The largest absolute Gasteiger partial charge is 0.493 e. The van der Waals surface area contributed by atoms with E-state index in [1.54, 1.807) is 28.8 Å². The topological polar surface area (TPSA) is 99.5 Å². The van der Waals surface area contributed by atoms with E-state index in [0.717, 1.165) is 5.69 Å². The molecule has 2 N–H and O–H groups in total. The molecule has 7 heteroatoms. The standard InChI is InChI=1S/C20H21N3O4/c1-5-23-11(2)9-15-17(20(23)24)16(13(10-21)19(22)27-15)12-7-6-8-14(25-3)18(12)26-4/h6-9,16H,5,22H2,1-4H3/t16-/m1/s1. The Morgan fingerprint density at radius 2 is 2.07 bits per heavy atom. The molecule has 0 saturated heterocycles. The van der Waals surface area contributed by atoms with Crippen molar-refractivity contribution in [1.29, 1.82) is 5.26 Å². The van der Waals surface area contributed by atoms with Gasteiger partial charge in [-0.3, -0.25) is 4.79 Å². The fourth-order valence-corrected chi connectivity index (χ4v) is 3.53. The number of aromatic nitrogens is 1. The Bertz CT molecular complexity index is 1030. The van der Waals surface area contributed by atoms with Crippen LogP contribution in [-0.4, -0.2) is 18.8 Å². The van der Waals surface area contributed by atoms with Crippen LogP contribution >= 0.6 is 0 Å². The Hall–Kier alpha value is -3.40. The molecule has 1 aromatic heterocycles. The van der Waals surface area contributed by atoms with Crippen LogP contribution < -0.4 is 25.5 Å². The van der Waals surface area contributed by atoms with E-state index in [4.69, 9.17) is 19.9 Å². The summed E-state index contributed by atoms with van der Waals surface area (Å²) in [6.07, 6.45) is 0. The minimum atomic E-state index is -0.713. The Morgan fingerprint density at radius 3 is 2.67 bits per heavy atom. The van der Waals surface area contributed by atoms with Gasteiger partial charge >= 0.3 is 0 Å². The van der Waals surface area contributed by atoms with Crippen molar-refractivity contribution < 1.29 is 14.2 Å². The summed E-state index contributed by atoms with van der Waals surface area (Å²) in [5, 5.41) is 9.73. The van der Waals surface area contributed by atoms with E-state index >= 15 is 0 Å². The highest BCUT2D eigenvalue weighted by atomic mass is 16.5. The number of nitrogens with two attached hydrogens (primary N) is 1. The van der Waals surface area contributed by atoms with Crippen LogP contribution in [0.4, 0.5) is 0 Å². The molecule has 1 aliphatic rings. The van der Waals surface area contributed by atoms with E-state index in [-0.39, 0.29) is 17.0 Å². The van der Waals surface area contributed by atoms with Gasteiger partial charge < -0.3 is 24.5 Å². The third kappa shape index (κ3) is 2.79. The first-order valence-corrected chi connectivity index (χ1v) is 8.51.